The minimum atomic E-state index is -0.226. The number of aromatic nitrogens is 3. The first-order valence-corrected chi connectivity index (χ1v) is 11.8. The first-order valence-electron chi connectivity index (χ1n) is 9.63. The molecule has 3 aromatic rings. The van der Waals surface area contributed by atoms with E-state index in [0.717, 1.165) is 5.56 Å². The average molecular weight is 535 g/mol. The van der Waals surface area contributed by atoms with E-state index in [1.165, 1.54) is 11.8 Å². The maximum Gasteiger partial charge on any atom is 0.252 e. The van der Waals surface area contributed by atoms with Crippen molar-refractivity contribution in [2.75, 3.05) is 11.1 Å². The predicted octanol–water partition coefficient (Wildman–Crippen LogP) is 4.85. The number of thioether (sulfide) groups is 1. The number of aryl methyl sites for hydroxylation is 1. The highest BCUT2D eigenvalue weighted by molar-refractivity contribution is 9.10. The number of hydrogen-bond donors (Lipinski definition) is 2. The fraction of sp³-hybridized carbons (Fsp3) is 0.182. The van der Waals surface area contributed by atoms with Gasteiger partial charge in [0.25, 0.3) is 5.91 Å². The molecule has 0 saturated carbocycles. The smallest absolute Gasteiger partial charge is 0.252 e. The second-order valence-electron chi connectivity index (χ2n) is 6.76. The monoisotopic (exact) mass is 533 g/mol. The van der Waals surface area contributed by atoms with Crippen LogP contribution in [0.5, 0.6) is 0 Å². The highest BCUT2D eigenvalue weighted by Crippen LogP contribution is 2.22. The quantitative estimate of drug-likeness (QED) is 0.303. The van der Waals surface area contributed by atoms with Crippen molar-refractivity contribution < 1.29 is 9.59 Å². The molecular formula is C22H21BrClN5O2S. The van der Waals surface area contributed by atoms with Crippen molar-refractivity contribution in [3.8, 4) is 0 Å². The van der Waals surface area contributed by atoms with Gasteiger partial charge in [-0.1, -0.05) is 47.6 Å². The standard InChI is InChI=1S/C22H21BrClN5O2S/c1-3-10-29-19(12-25-21(31)16-6-4-5-7-17(16)23)27-28-22(29)32-13-20(30)26-18-11-15(24)9-8-14(18)2/h3-9,11H,1,10,12-13H2,2H3,(H,25,31)(H,26,30). The summed E-state index contributed by atoms with van der Waals surface area (Å²) in [6, 6.07) is 12.5. The van der Waals surface area contributed by atoms with Gasteiger partial charge in [-0.3, -0.25) is 9.59 Å². The van der Waals surface area contributed by atoms with Crippen LogP contribution in [0, 0.1) is 6.92 Å². The summed E-state index contributed by atoms with van der Waals surface area (Å²) in [5.74, 6) is 0.303. The highest BCUT2D eigenvalue weighted by Gasteiger charge is 2.16. The van der Waals surface area contributed by atoms with E-state index in [9.17, 15) is 9.59 Å². The number of carbonyl (C=O) groups is 2. The second-order valence-corrected chi connectivity index (χ2v) is 8.99. The number of hydrogen-bond acceptors (Lipinski definition) is 5. The van der Waals surface area contributed by atoms with Crippen LogP contribution in [-0.4, -0.2) is 32.3 Å². The number of carbonyl (C=O) groups excluding carboxylic acids is 2. The summed E-state index contributed by atoms with van der Waals surface area (Å²) < 4.78 is 2.53. The van der Waals surface area contributed by atoms with E-state index in [2.05, 4.69) is 43.3 Å². The van der Waals surface area contributed by atoms with Crippen LogP contribution >= 0.6 is 39.3 Å². The molecule has 0 atom stereocenters. The number of nitrogens with one attached hydrogen (secondary N) is 2. The van der Waals surface area contributed by atoms with Crippen LogP contribution in [0.2, 0.25) is 5.02 Å². The molecule has 0 aliphatic carbocycles. The molecule has 32 heavy (non-hydrogen) atoms. The third-order valence-corrected chi connectivity index (χ3v) is 6.33. The van der Waals surface area contributed by atoms with Gasteiger partial charge < -0.3 is 15.2 Å². The van der Waals surface area contributed by atoms with E-state index in [0.29, 0.717) is 38.3 Å². The van der Waals surface area contributed by atoms with Gasteiger partial charge in [-0.05, 0) is 52.7 Å². The van der Waals surface area contributed by atoms with Crippen molar-refractivity contribution in [3.63, 3.8) is 0 Å². The van der Waals surface area contributed by atoms with Crippen molar-refractivity contribution in [2.45, 2.75) is 25.2 Å². The molecule has 0 unspecified atom stereocenters. The first-order chi connectivity index (χ1) is 15.4. The number of anilines is 1. The van der Waals surface area contributed by atoms with Gasteiger partial charge in [0.1, 0.15) is 0 Å². The van der Waals surface area contributed by atoms with Crippen LogP contribution in [0.4, 0.5) is 5.69 Å². The number of nitrogens with zero attached hydrogens (tertiary/aromatic N) is 3. The fourth-order valence-corrected chi connectivity index (χ4v) is 4.22. The molecule has 2 N–H and O–H groups in total. The van der Waals surface area contributed by atoms with Crippen molar-refractivity contribution in [1.29, 1.82) is 0 Å². The maximum absolute atomic E-state index is 12.5. The lowest BCUT2D eigenvalue weighted by atomic mass is 10.2. The zero-order valence-corrected chi connectivity index (χ0v) is 20.4. The molecule has 3 rings (SSSR count). The van der Waals surface area contributed by atoms with Gasteiger partial charge >= 0.3 is 0 Å². The predicted molar refractivity (Wildman–Crippen MR) is 131 cm³/mol. The normalized spacial score (nSPS) is 10.6. The number of benzene rings is 2. The Bertz CT molecular complexity index is 1150. The number of amides is 2. The molecule has 7 nitrogen and oxygen atoms in total. The summed E-state index contributed by atoms with van der Waals surface area (Å²) in [4.78, 5) is 24.9. The third-order valence-electron chi connectivity index (χ3n) is 4.44. The maximum atomic E-state index is 12.5. The Kier molecular flexibility index (Phi) is 8.49. The molecule has 0 fully saturated rings. The lowest BCUT2D eigenvalue weighted by Crippen LogP contribution is -2.25. The van der Waals surface area contributed by atoms with E-state index >= 15 is 0 Å². The molecule has 1 heterocycles. The van der Waals surface area contributed by atoms with E-state index < -0.39 is 0 Å². The van der Waals surface area contributed by atoms with Crippen LogP contribution in [-0.2, 0) is 17.9 Å². The van der Waals surface area contributed by atoms with Crippen molar-refractivity contribution in [2.24, 2.45) is 0 Å². The molecule has 0 aliphatic heterocycles. The highest BCUT2D eigenvalue weighted by atomic mass is 79.9. The lowest BCUT2D eigenvalue weighted by molar-refractivity contribution is -0.113. The molecule has 0 saturated heterocycles. The minimum Gasteiger partial charge on any atom is -0.345 e. The molecule has 166 valence electrons. The van der Waals surface area contributed by atoms with Gasteiger partial charge in [0.2, 0.25) is 5.91 Å². The molecular weight excluding hydrogens is 514 g/mol. The number of rotatable bonds is 9. The summed E-state index contributed by atoms with van der Waals surface area (Å²) in [6.45, 7) is 6.31. The van der Waals surface area contributed by atoms with Gasteiger partial charge in [0, 0.05) is 21.7 Å². The van der Waals surface area contributed by atoms with E-state index in [1.54, 1.807) is 36.4 Å². The van der Waals surface area contributed by atoms with E-state index in [4.69, 9.17) is 11.6 Å². The van der Waals surface area contributed by atoms with Gasteiger partial charge in [-0.15, -0.1) is 16.8 Å². The summed E-state index contributed by atoms with van der Waals surface area (Å²) in [5.41, 5.74) is 2.13. The third kappa shape index (κ3) is 6.21. The SMILES string of the molecule is C=CCn1c(CNC(=O)c2ccccc2Br)nnc1SCC(=O)Nc1cc(Cl)ccc1C. The topological polar surface area (TPSA) is 88.9 Å². The lowest BCUT2D eigenvalue weighted by Gasteiger charge is -2.10. The Hall–Kier alpha value is -2.62. The molecule has 1 aromatic heterocycles. The molecule has 2 amide bonds. The first kappa shape index (κ1) is 24.0. The van der Waals surface area contributed by atoms with Crippen molar-refractivity contribution >= 4 is 56.8 Å². The molecule has 10 heteroatoms. The van der Waals surface area contributed by atoms with Crippen LogP contribution in [0.25, 0.3) is 0 Å². The summed E-state index contributed by atoms with van der Waals surface area (Å²) in [5, 5.41) is 15.2. The molecule has 2 aromatic carbocycles. The van der Waals surface area contributed by atoms with Crippen molar-refractivity contribution in [3.05, 3.63) is 81.6 Å². The zero-order chi connectivity index (χ0) is 23.1. The summed E-state index contributed by atoms with van der Waals surface area (Å²) in [6.07, 6.45) is 1.71. The molecule has 0 aliphatic rings. The largest absolute Gasteiger partial charge is 0.345 e. The Labute approximate surface area is 203 Å². The zero-order valence-electron chi connectivity index (χ0n) is 17.3. The van der Waals surface area contributed by atoms with Crippen LogP contribution in [0.3, 0.4) is 0 Å². The fourth-order valence-electron chi connectivity index (χ4n) is 2.81. The summed E-state index contributed by atoms with van der Waals surface area (Å²) in [7, 11) is 0. The van der Waals surface area contributed by atoms with Crippen LogP contribution in [0.1, 0.15) is 21.7 Å². The molecule has 0 radical (unpaired) electrons. The van der Waals surface area contributed by atoms with Gasteiger partial charge in [0.05, 0.1) is 17.9 Å². The van der Waals surface area contributed by atoms with Crippen LogP contribution < -0.4 is 10.6 Å². The summed E-state index contributed by atoms with van der Waals surface area (Å²) >= 11 is 10.6. The van der Waals surface area contributed by atoms with E-state index in [1.807, 2.05) is 23.6 Å². The molecule has 0 bridgehead atoms. The van der Waals surface area contributed by atoms with Gasteiger partial charge in [-0.25, -0.2) is 0 Å². The average Bonchev–Trinajstić information content (AvgIpc) is 3.15. The Morgan fingerprint density at radius 1 is 1.25 bits per heavy atom. The Morgan fingerprint density at radius 2 is 2.03 bits per heavy atom. The second kappa shape index (κ2) is 11.3. The molecule has 0 spiro atoms. The Balaban J connectivity index is 1.63. The van der Waals surface area contributed by atoms with Gasteiger partial charge in [0.15, 0.2) is 11.0 Å². The van der Waals surface area contributed by atoms with Crippen molar-refractivity contribution in [1.82, 2.24) is 20.1 Å². The number of allylic oxidation sites excluding steroid dienone is 1. The minimum absolute atomic E-state index is 0.143. The van der Waals surface area contributed by atoms with Gasteiger partial charge in [-0.2, -0.15) is 0 Å². The number of halogens is 2. The Morgan fingerprint density at radius 3 is 2.78 bits per heavy atom. The van der Waals surface area contributed by atoms with E-state index in [-0.39, 0.29) is 24.1 Å². The van der Waals surface area contributed by atoms with Crippen LogP contribution in [0.15, 0.2) is 64.7 Å².